The molecule has 0 fully saturated rings. The number of nitro benzene ring substituents is 1. The molecule has 2 heterocycles. The number of carbonyl (C=O) groups excluding carboxylic acids is 1. The van der Waals surface area contributed by atoms with Crippen molar-refractivity contribution in [3.8, 4) is 23.0 Å². The maximum Gasteiger partial charge on any atom is 0.322 e. The quantitative estimate of drug-likeness (QED) is 0.294. The number of rotatable bonds is 8. The van der Waals surface area contributed by atoms with E-state index in [2.05, 4.69) is 15.5 Å². The first-order valence-electron chi connectivity index (χ1n) is 9.71. The summed E-state index contributed by atoms with van der Waals surface area (Å²) < 4.78 is 17.5. The maximum absolute atomic E-state index is 12.6. The lowest BCUT2D eigenvalue weighted by atomic mass is 10.2. The zero-order valence-electron chi connectivity index (χ0n) is 17.2. The molecule has 0 bridgehead atoms. The molecule has 0 radical (unpaired) electrons. The van der Waals surface area contributed by atoms with Crippen LogP contribution in [0, 0.1) is 10.1 Å². The number of hydrogen-bond acceptors (Lipinski definition) is 9. The van der Waals surface area contributed by atoms with Crippen LogP contribution in [-0.2, 0) is 0 Å². The average molecular weight is 454 g/mol. The summed E-state index contributed by atoms with van der Waals surface area (Å²) in [5.74, 6) is 0.910. The molecule has 10 nitrogen and oxygen atoms in total. The fraction of sp³-hybridized carbons (Fsp3) is 0.190. The van der Waals surface area contributed by atoms with Crippen LogP contribution in [0.4, 0.5) is 11.7 Å². The van der Waals surface area contributed by atoms with Gasteiger partial charge in [0, 0.05) is 27.8 Å². The zero-order valence-corrected chi connectivity index (χ0v) is 18.0. The topological polar surface area (TPSA) is 130 Å². The molecule has 164 valence electrons. The Morgan fingerprint density at radius 1 is 1.09 bits per heavy atom. The normalized spacial score (nSPS) is 10.8. The third kappa shape index (κ3) is 4.37. The van der Waals surface area contributed by atoms with Crippen LogP contribution >= 0.6 is 11.3 Å². The molecule has 0 aliphatic carbocycles. The van der Waals surface area contributed by atoms with Gasteiger partial charge in [-0.2, -0.15) is 0 Å². The predicted octanol–water partition coefficient (Wildman–Crippen LogP) is 4.91. The number of nitrogens with one attached hydrogen (secondary N) is 1. The highest BCUT2D eigenvalue weighted by Gasteiger charge is 2.17. The van der Waals surface area contributed by atoms with Crippen molar-refractivity contribution in [1.29, 1.82) is 0 Å². The molecular formula is C21H18N4O6S. The molecule has 0 spiro atoms. The Kier molecular flexibility index (Phi) is 5.99. The molecule has 0 atom stereocenters. The average Bonchev–Trinajstić information content (AvgIpc) is 3.41. The van der Waals surface area contributed by atoms with Crippen molar-refractivity contribution in [3.05, 3.63) is 57.5 Å². The molecule has 0 saturated carbocycles. The number of anilines is 1. The number of fused-ring (bicyclic) bond motifs is 1. The van der Waals surface area contributed by atoms with Gasteiger partial charge in [0.25, 0.3) is 11.6 Å². The first-order chi connectivity index (χ1) is 15.5. The molecule has 2 aromatic heterocycles. The second-order valence-electron chi connectivity index (χ2n) is 6.48. The lowest BCUT2D eigenvalue weighted by molar-refractivity contribution is -0.384. The number of amides is 1. The van der Waals surface area contributed by atoms with Crippen molar-refractivity contribution < 1.29 is 23.6 Å². The largest absolute Gasteiger partial charge is 0.490 e. The highest BCUT2D eigenvalue weighted by molar-refractivity contribution is 7.20. The number of nitro groups is 1. The van der Waals surface area contributed by atoms with E-state index in [0.29, 0.717) is 40.5 Å². The standard InChI is InChI=1S/C21H18N4O6S/c1-3-29-15-7-5-12(10-16(15)30-4-2)20-23-24-21(31-20)22-19(26)18-11-13-9-14(25(27)28)6-8-17(13)32-18/h5-11H,3-4H2,1-2H3,(H,22,24,26). The van der Waals surface area contributed by atoms with Crippen molar-refractivity contribution in [2.75, 3.05) is 18.5 Å². The third-order valence-electron chi connectivity index (χ3n) is 4.37. The monoisotopic (exact) mass is 454 g/mol. The Balaban J connectivity index is 1.53. The smallest absolute Gasteiger partial charge is 0.322 e. The van der Waals surface area contributed by atoms with Crippen molar-refractivity contribution in [2.45, 2.75) is 13.8 Å². The number of thiophene rings is 1. The number of benzene rings is 2. The second kappa shape index (κ2) is 9.02. The van der Waals surface area contributed by atoms with Crippen molar-refractivity contribution >= 4 is 39.0 Å². The summed E-state index contributed by atoms with van der Waals surface area (Å²) in [5.41, 5.74) is 0.574. The van der Waals surface area contributed by atoms with E-state index in [9.17, 15) is 14.9 Å². The first-order valence-corrected chi connectivity index (χ1v) is 10.5. The molecule has 1 amide bonds. The molecule has 1 N–H and O–H groups in total. The molecule has 0 aliphatic rings. The van der Waals surface area contributed by atoms with Crippen LogP contribution in [0.15, 0.2) is 46.9 Å². The van der Waals surface area contributed by atoms with E-state index in [1.807, 2.05) is 13.8 Å². The SMILES string of the molecule is CCOc1ccc(-c2nnc(NC(=O)c3cc4cc([N+](=O)[O-])ccc4s3)o2)cc1OCC. The summed E-state index contributed by atoms with van der Waals surface area (Å²) in [6.45, 7) is 4.72. The molecule has 0 unspecified atom stereocenters. The number of aromatic nitrogens is 2. The zero-order chi connectivity index (χ0) is 22.7. The van der Waals surface area contributed by atoms with Gasteiger partial charge in [0.2, 0.25) is 5.89 Å². The molecule has 4 aromatic rings. The van der Waals surface area contributed by atoms with Gasteiger partial charge in [-0.05, 0) is 44.2 Å². The van der Waals surface area contributed by atoms with Crippen LogP contribution in [0.5, 0.6) is 11.5 Å². The first kappa shape index (κ1) is 21.2. The highest BCUT2D eigenvalue weighted by atomic mass is 32.1. The van der Waals surface area contributed by atoms with Crippen LogP contribution in [0.2, 0.25) is 0 Å². The van der Waals surface area contributed by atoms with E-state index in [-0.39, 0.29) is 17.6 Å². The summed E-state index contributed by atoms with van der Waals surface area (Å²) in [6, 6.07) is 11.2. The van der Waals surface area contributed by atoms with Crippen LogP contribution < -0.4 is 14.8 Å². The summed E-state index contributed by atoms with van der Waals surface area (Å²) in [4.78, 5) is 23.4. The van der Waals surface area contributed by atoms with Crippen LogP contribution in [0.1, 0.15) is 23.5 Å². The third-order valence-corrected chi connectivity index (χ3v) is 5.49. The predicted molar refractivity (Wildman–Crippen MR) is 119 cm³/mol. The van der Waals surface area contributed by atoms with Crippen molar-refractivity contribution in [3.63, 3.8) is 0 Å². The summed E-state index contributed by atoms with van der Waals surface area (Å²) >= 11 is 1.21. The molecule has 2 aromatic carbocycles. The molecule has 0 saturated heterocycles. The van der Waals surface area contributed by atoms with Gasteiger partial charge in [-0.1, -0.05) is 5.10 Å². The second-order valence-corrected chi connectivity index (χ2v) is 7.57. The number of carbonyl (C=O) groups is 1. The molecule has 32 heavy (non-hydrogen) atoms. The molecule has 4 rings (SSSR count). The fourth-order valence-electron chi connectivity index (χ4n) is 2.99. The van der Waals surface area contributed by atoms with Gasteiger partial charge in [0.05, 0.1) is 23.0 Å². The van der Waals surface area contributed by atoms with Crippen LogP contribution in [0.3, 0.4) is 0 Å². The summed E-state index contributed by atoms with van der Waals surface area (Å²) in [6.07, 6.45) is 0. The van der Waals surface area contributed by atoms with Gasteiger partial charge >= 0.3 is 6.01 Å². The molecule has 0 aliphatic heterocycles. The van der Waals surface area contributed by atoms with Gasteiger partial charge in [0.15, 0.2) is 11.5 Å². The number of non-ortho nitro benzene ring substituents is 1. The van der Waals surface area contributed by atoms with Crippen LogP contribution in [0.25, 0.3) is 21.5 Å². The van der Waals surface area contributed by atoms with E-state index >= 15 is 0 Å². The van der Waals surface area contributed by atoms with E-state index < -0.39 is 10.8 Å². The van der Waals surface area contributed by atoms with Gasteiger partial charge in [-0.15, -0.1) is 16.4 Å². The summed E-state index contributed by atoms with van der Waals surface area (Å²) in [7, 11) is 0. The van der Waals surface area contributed by atoms with Gasteiger partial charge in [0.1, 0.15) is 0 Å². The van der Waals surface area contributed by atoms with E-state index in [4.69, 9.17) is 13.9 Å². The minimum absolute atomic E-state index is 0.0365. The number of ether oxygens (including phenoxy) is 2. The number of hydrogen-bond donors (Lipinski definition) is 1. The number of nitrogens with zero attached hydrogens (tertiary/aromatic N) is 3. The van der Waals surface area contributed by atoms with Gasteiger partial charge < -0.3 is 13.9 Å². The lowest BCUT2D eigenvalue weighted by Crippen LogP contribution is -2.10. The molecule has 11 heteroatoms. The van der Waals surface area contributed by atoms with E-state index in [0.717, 1.165) is 4.70 Å². The van der Waals surface area contributed by atoms with Gasteiger partial charge in [-0.3, -0.25) is 20.2 Å². The fourth-order valence-corrected chi connectivity index (χ4v) is 3.93. The minimum atomic E-state index is -0.477. The Morgan fingerprint density at radius 2 is 1.88 bits per heavy atom. The Bertz CT molecular complexity index is 1300. The Labute approximate surface area is 185 Å². The molecular weight excluding hydrogens is 436 g/mol. The van der Waals surface area contributed by atoms with Gasteiger partial charge in [-0.25, -0.2) is 0 Å². The summed E-state index contributed by atoms with van der Waals surface area (Å²) in [5, 5.41) is 22.0. The minimum Gasteiger partial charge on any atom is -0.490 e. The van der Waals surface area contributed by atoms with E-state index in [1.54, 1.807) is 30.3 Å². The Hall–Kier alpha value is -3.99. The van der Waals surface area contributed by atoms with Crippen LogP contribution in [-0.4, -0.2) is 34.2 Å². The Morgan fingerprint density at radius 3 is 2.62 bits per heavy atom. The van der Waals surface area contributed by atoms with Crippen molar-refractivity contribution in [2.24, 2.45) is 0 Å². The van der Waals surface area contributed by atoms with E-state index in [1.165, 1.54) is 23.5 Å². The highest BCUT2D eigenvalue weighted by Crippen LogP contribution is 2.33. The lowest BCUT2D eigenvalue weighted by Gasteiger charge is -2.11. The maximum atomic E-state index is 12.6. The van der Waals surface area contributed by atoms with Crippen molar-refractivity contribution in [1.82, 2.24) is 10.2 Å².